The van der Waals surface area contributed by atoms with Gasteiger partial charge in [0.1, 0.15) is 6.10 Å². The van der Waals surface area contributed by atoms with Gasteiger partial charge >= 0.3 is 0 Å². The highest BCUT2D eigenvalue weighted by Crippen LogP contribution is 2.30. The second kappa shape index (κ2) is 7.74. The van der Waals surface area contributed by atoms with Crippen molar-refractivity contribution in [3.05, 3.63) is 17.8 Å². The van der Waals surface area contributed by atoms with E-state index in [1.807, 2.05) is 12.1 Å². The Hall–Kier alpha value is -1.16. The largest absolute Gasteiger partial charge is 0.473 e. The van der Waals surface area contributed by atoms with E-state index in [1.165, 1.54) is 6.42 Å². The predicted molar refractivity (Wildman–Crippen MR) is 85.2 cm³/mol. The summed E-state index contributed by atoms with van der Waals surface area (Å²) in [7, 11) is 0. The lowest BCUT2D eigenvalue weighted by atomic mass is 9.82. The molecule has 1 aromatic rings. The fraction of sp³-hybridized carbons (Fsp3) is 0.765. The van der Waals surface area contributed by atoms with Crippen LogP contribution in [0.2, 0.25) is 0 Å². The fourth-order valence-corrected chi connectivity index (χ4v) is 3.13. The third kappa shape index (κ3) is 5.62. The van der Waals surface area contributed by atoms with Crippen molar-refractivity contribution in [1.29, 1.82) is 0 Å². The average molecular weight is 291 g/mol. The number of nitrogens with one attached hydrogen (secondary N) is 1. The highest BCUT2D eigenvalue weighted by atomic mass is 16.5. The summed E-state index contributed by atoms with van der Waals surface area (Å²) in [6, 6.07) is 3.95. The van der Waals surface area contributed by atoms with E-state index >= 15 is 0 Å². The van der Waals surface area contributed by atoms with E-state index in [4.69, 9.17) is 4.74 Å². The zero-order chi connectivity index (χ0) is 15.2. The molecule has 0 bridgehead atoms. The van der Waals surface area contributed by atoms with Crippen LogP contribution >= 0.6 is 0 Å². The monoisotopic (exact) mass is 291 g/mol. The van der Waals surface area contributed by atoms with Gasteiger partial charge < -0.3 is 10.1 Å². The summed E-state index contributed by atoms with van der Waals surface area (Å²) in [6.45, 7) is 10.8. The molecular weight excluding hydrogens is 262 g/mol. The highest BCUT2D eigenvalue weighted by Gasteiger charge is 2.25. The van der Waals surface area contributed by atoms with Crippen molar-refractivity contribution in [2.75, 3.05) is 6.54 Å². The van der Waals surface area contributed by atoms with E-state index in [0.29, 0.717) is 17.9 Å². The minimum Gasteiger partial charge on any atom is -0.473 e. The van der Waals surface area contributed by atoms with Gasteiger partial charge in [0.2, 0.25) is 5.88 Å². The Balaban J connectivity index is 1.81. The number of nitrogens with zero attached hydrogens (tertiary/aromatic N) is 2. The minimum atomic E-state index is 0.294. The molecule has 0 saturated heterocycles. The summed E-state index contributed by atoms with van der Waals surface area (Å²) in [5, 5.41) is 11.8. The molecule has 118 valence electrons. The normalized spacial score (nSPS) is 26.0. The first-order chi connectivity index (χ1) is 10.0. The zero-order valence-corrected chi connectivity index (χ0v) is 13.8. The van der Waals surface area contributed by atoms with Crippen LogP contribution in [0.1, 0.15) is 52.7 Å². The Morgan fingerprint density at radius 1 is 1.14 bits per heavy atom. The summed E-state index contributed by atoms with van der Waals surface area (Å²) in [4.78, 5) is 0. The van der Waals surface area contributed by atoms with Crippen molar-refractivity contribution >= 4 is 0 Å². The van der Waals surface area contributed by atoms with E-state index in [0.717, 1.165) is 43.5 Å². The van der Waals surface area contributed by atoms with Crippen molar-refractivity contribution in [2.45, 2.75) is 59.6 Å². The third-order valence-corrected chi connectivity index (χ3v) is 3.98. The van der Waals surface area contributed by atoms with Gasteiger partial charge in [0.15, 0.2) is 0 Å². The molecule has 4 heteroatoms. The summed E-state index contributed by atoms with van der Waals surface area (Å²) >= 11 is 0. The molecule has 1 fully saturated rings. The van der Waals surface area contributed by atoms with Crippen LogP contribution in [0, 0.1) is 17.8 Å². The van der Waals surface area contributed by atoms with Gasteiger partial charge in [-0.1, -0.05) is 27.7 Å². The molecule has 1 N–H and O–H groups in total. The third-order valence-electron chi connectivity index (χ3n) is 3.98. The van der Waals surface area contributed by atoms with Crippen molar-refractivity contribution in [1.82, 2.24) is 15.5 Å². The number of ether oxygens (including phenoxy) is 1. The molecule has 2 unspecified atom stereocenters. The van der Waals surface area contributed by atoms with Crippen molar-refractivity contribution in [3.63, 3.8) is 0 Å². The smallest absolute Gasteiger partial charge is 0.233 e. The Kier molecular flexibility index (Phi) is 5.97. The van der Waals surface area contributed by atoms with E-state index in [2.05, 4.69) is 43.2 Å². The van der Waals surface area contributed by atoms with Crippen molar-refractivity contribution in [2.24, 2.45) is 17.8 Å². The maximum absolute atomic E-state index is 6.00. The molecule has 1 heterocycles. The summed E-state index contributed by atoms with van der Waals surface area (Å²) in [5.41, 5.74) is 0.966. The molecular formula is C17H29N3O. The van der Waals surface area contributed by atoms with Crippen LogP contribution in [0.25, 0.3) is 0 Å². The maximum Gasteiger partial charge on any atom is 0.233 e. The number of hydrogen-bond donors (Lipinski definition) is 1. The van der Waals surface area contributed by atoms with Gasteiger partial charge in [0.25, 0.3) is 0 Å². The molecule has 0 spiro atoms. The molecule has 0 aliphatic heterocycles. The molecule has 2 atom stereocenters. The van der Waals surface area contributed by atoms with E-state index in [1.54, 1.807) is 0 Å². The van der Waals surface area contributed by atoms with E-state index < -0.39 is 0 Å². The Morgan fingerprint density at radius 3 is 2.43 bits per heavy atom. The van der Waals surface area contributed by atoms with Gasteiger partial charge in [-0.3, -0.25) is 0 Å². The van der Waals surface area contributed by atoms with Crippen molar-refractivity contribution in [3.8, 4) is 5.88 Å². The first-order valence-corrected chi connectivity index (χ1v) is 8.23. The lowest BCUT2D eigenvalue weighted by Crippen LogP contribution is -2.28. The SMILES string of the molecule is CC(C)CNCc1ccc(OC2CC(C)CC(C)C2)nn1. The number of aromatic nitrogens is 2. The molecule has 1 aliphatic rings. The van der Waals surface area contributed by atoms with Gasteiger partial charge in [0, 0.05) is 12.6 Å². The van der Waals surface area contributed by atoms with Crippen LogP contribution < -0.4 is 10.1 Å². The first kappa shape index (κ1) is 16.2. The predicted octanol–water partition coefficient (Wildman–Crippen LogP) is 3.43. The lowest BCUT2D eigenvalue weighted by molar-refractivity contribution is 0.0956. The van der Waals surface area contributed by atoms with Gasteiger partial charge in [0.05, 0.1) is 5.69 Å². The van der Waals surface area contributed by atoms with Gasteiger partial charge in [-0.05, 0) is 49.6 Å². The van der Waals surface area contributed by atoms with E-state index in [9.17, 15) is 0 Å². The van der Waals surface area contributed by atoms with E-state index in [-0.39, 0.29) is 0 Å². The van der Waals surface area contributed by atoms with Crippen LogP contribution in [0.15, 0.2) is 12.1 Å². The van der Waals surface area contributed by atoms with Gasteiger partial charge in [-0.25, -0.2) is 0 Å². The molecule has 21 heavy (non-hydrogen) atoms. The molecule has 2 rings (SSSR count). The zero-order valence-electron chi connectivity index (χ0n) is 13.8. The van der Waals surface area contributed by atoms with Crippen LogP contribution in [0.5, 0.6) is 5.88 Å². The Morgan fingerprint density at radius 2 is 1.86 bits per heavy atom. The number of rotatable bonds is 6. The molecule has 0 aromatic carbocycles. The topological polar surface area (TPSA) is 47.0 Å². The van der Waals surface area contributed by atoms with Crippen LogP contribution in [0.3, 0.4) is 0 Å². The molecule has 0 radical (unpaired) electrons. The van der Waals surface area contributed by atoms with Crippen LogP contribution in [-0.2, 0) is 6.54 Å². The average Bonchev–Trinajstić information content (AvgIpc) is 2.39. The summed E-state index contributed by atoms with van der Waals surface area (Å²) < 4.78 is 6.00. The minimum absolute atomic E-state index is 0.294. The summed E-state index contributed by atoms with van der Waals surface area (Å²) in [6.07, 6.45) is 3.86. The molecule has 0 amide bonds. The molecule has 4 nitrogen and oxygen atoms in total. The fourth-order valence-electron chi connectivity index (χ4n) is 3.13. The lowest BCUT2D eigenvalue weighted by Gasteiger charge is -2.31. The first-order valence-electron chi connectivity index (χ1n) is 8.23. The van der Waals surface area contributed by atoms with Gasteiger partial charge in [-0.15, -0.1) is 5.10 Å². The van der Waals surface area contributed by atoms with Crippen LogP contribution in [-0.4, -0.2) is 22.8 Å². The Labute approximate surface area is 128 Å². The molecule has 1 saturated carbocycles. The molecule has 1 aliphatic carbocycles. The highest BCUT2D eigenvalue weighted by molar-refractivity contribution is 5.12. The maximum atomic E-state index is 6.00. The van der Waals surface area contributed by atoms with Gasteiger partial charge in [-0.2, -0.15) is 5.10 Å². The van der Waals surface area contributed by atoms with Crippen LogP contribution in [0.4, 0.5) is 0 Å². The second-order valence-electron chi connectivity index (χ2n) is 7.04. The Bertz CT molecular complexity index is 409. The number of hydrogen-bond acceptors (Lipinski definition) is 4. The quantitative estimate of drug-likeness (QED) is 0.872. The molecule has 1 aromatic heterocycles. The second-order valence-corrected chi connectivity index (χ2v) is 7.04. The summed E-state index contributed by atoms with van der Waals surface area (Å²) in [5.74, 6) is 2.79. The standard InChI is InChI=1S/C17H29N3O/c1-12(2)10-18-11-15-5-6-17(20-19-15)21-16-8-13(3)7-14(4)9-16/h5-6,12-14,16,18H,7-11H2,1-4H3. The van der Waals surface area contributed by atoms with Crippen molar-refractivity contribution < 1.29 is 4.74 Å².